The molecule has 0 aliphatic rings. The Morgan fingerprint density at radius 2 is 0.740 bits per heavy atom. The minimum Gasteiger partial charge on any atom is -0.497 e. The molecule has 9 heterocycles. The summed E-state index contributed by atoms with van der Waals surface area (Å²) in [6.07, 6.45) is 18.5. The number of hydrogen-bond donors (Lipinski definition) is 12. The minimum atomic E-state index is -4.50. The van der Waals surface area contributed by atoms with Gasteiger partial charge in [-0.1, -0.05) is 125 Å². The quantitative estimate of drug-likeness (QED) is 0.00737. The molecule has 16 rings (SSSR count). The van der Waals surface area contributed by atoms with Crippen LogP contribution in [0.4, 0.5) is 18.9 Å². The largest absolute Gasteiger partial charge is 0.497 e. The standard InChI is InChI=1S/C18H21BN2O3.2C17H20BN3O2.C14H16BN3O2S.C12H14BF3N2O2.C12H16BN3O4/c1-24-15-10-8-14(9-11-15)18-20-16-6-2-3-7-17(16)21(18)13-5-4-12-19(22)23;22-18(23)10-4-1-5-12-21-16-9-3-2-8-15(16)20-17(21)14-7-6-11-19-13-14;22-18(23)10-4-1-5-13-21-16-7-3-2-6-15(16)20-17(21)14-8-11-19-12-9-14;19-15(20)7-3-4-8-18-13-6-2-1-5-11(13)17-14(18)12-9-21-10-16-12;14-12(15,16)11-17-9-5-1-2-6-10(9)18(11)8-4-3-7-13(19)20;17-13(18)7-2-1-3-8-15-9-14-12-10(15)5-4-6-11(12)16(19)20/h2-3,6-11,22-23H,4-5,12-13H2,1H3;2-3,6-9,11,13,22-23H,1,4-5,10,12H2;2-3,6-9,11-12,22-23H,1,4-5,10,13H2;1-2,5-6,9-10,19-20H,3-4,7-8H2;1-2,5-6,19-20H,3-4,7-8H2;4-6,9,17-18H,1-3,7-8H2. The van der Waals surface area contributed by atoms with E-state index in [4.69, 9.17) is 80.0 Å². The van der Waals surface area contributed by atoms with Gasteiger partial charge in [-0.2, -0.15) is 13.2 Å². The number of benzene rings is 7. The zero-order valence-corrected chi connectivity index (χ0v) is 73.6. The van der Waals surface area contributed by atoms with Crippen LogP contribution in [0.5, 0.6) is 5.75 Å². The summed E-state index contributed by atoms with van der Waals surface area (Å²) >= 11 is 1.55. The van der Waals surface area contributed by atoms with Crippen molar-refractivity contribution in [1.82, 2.24) is 72.3 Å². The molecule has 41 heteroatoms. The number of imidazole rings is 6. The molecule has 0 atom stereocenters. The Morgan fingerprint density at radius 1 is 0.374 bits per heavy atom. The van der Waals surface area contributed by atoms with Crippen LogP contribution in [0.2, 0.25) is 37.9 Å². The minimum absolute atomic E-state index is 0.0182. The van der Waals surface area contributed by atoms with E-state index in [0.717, 1.165) is 215 Å². The second-order valence-corrected chi connectivity index (χ2v) is 31.9. The molecule has 7 aromatic carbocycles. The van der Waals surface area contributed by atoms with Crippen LogP contribution in [0.1, 0.15) is 102 Å². The molecule has 0 aliphatic carbocycles. The average Bonchev–Trinajstić information content (AvgIpc) is 1.66. The Kier molecular flexibility index (Phi) is 38.9. The summed E-state index contributed by atoms with van der Waals surface area (Å²) in [5.74, 6) is 3.59. The number of alkyl halides is 3. The average molecular weight is 1810 g/mol. The van der Waals surface area contributed by atoms with Crippen LogP contribution < -0.4 is 4.74 Å². The lowest BCUT2D eigenvalue weighted by Gasteiger charge is -2.11. The number of fused-ring (bicyclic) bond motifs is 6. The van der Waals surface area contributed by atoms with Crippen LogP contribution in [-0.2, 0) is 45.4 Å². The number of nitro groups is 1. The van der Waals surface area contributed by atoms with Crippen LogP contribution in [0.3, 0.4) is 0 Å². The van der Waals surface area contributed by atoms with Gasteiger partial charge in [0.1, 0.15) is 28.9 Å². The van der Waals surface area contributed by atoms with Crippen molar-refractivity contribution in [3.05, 3.63) is 246 Å². The smallest absolute Gasteiger partial charge is 0.451 e. The van der Waals surface area contributed by atoms with E-state index in [9.17, 15) is 23.3 Å². The molecule has 0 amide bonds. The van der Waals surface area contributed by atoms with Gasteiger partial charge in [0.05, 0.1) is 84.6 Å². The van der Waals surface area contributed by atoms with Gasteiger partial charge in [0.2, 0.25) is 5.82 Å². The zero-order chi connectivity index (χ0) is 93.0. The van der Waals surface area contributed by atoms with Crippen LogP contribution in [0, 0.1) is 10.1 Å². The number of aromatic nitrogens is 15. The molecule has 682 valence electrons. The van der Waals surface area contributed by atoms with Gasteiger partial charge in [0.25, 0.3) is 5.69 Å². The van der Waals surface area contributed by atoms with Gasteiger partial charge in [0, 0.05) is 92.2 Å². The van der Waals surface area contributed by atoms with Crippen LogP contribution >= 0.6 is 11.3 Å². The molecule has 0 unspecified atom stereocenters. The number of para-hydroxylation sites is 11. The Labute approximate surface area is 761 Å². The molecule has 0 fully saturated rings. The van der Waals surface area contributed by atoms with E-state index in [0.29, 0.717) is 67.5 Å². The van der Waals surface area contributed by atoms with Gasteiger partial charge < -0.3 is 92.4 Å². The van der Waals surface area contributed by atoms with Crippen molar-refractivity contribution in [2.24, 2.45) is 0 Å². The molecule has 16 aromatic rings. The summed E-state index contributed by atoms with van der Waals surface area (Å²) in [6.45, 7) is 4.14. The van der Waals surface area contributed by atoms with Crippen molar-refractivity contribution < 1.29 is 83.1 Å². The number of thiazole rings is 1. The summed E-state index contributed by atoms with van der Waals surface area (Å²) in [4.78, 5) is 49.8. The predicted octanol–water partition coefficient (Wildman–Crippen LogP) is 14.8. The fraction of sp³-hybridized carbons (Fsp3) is 0.322. The number of ether oxygens (including phenoxy) is 1. The molecular formula is C90H107B6F3N16O15S. The summed E-state index contributed by atoms with van der Waals surface area (Å²) in [5.41, 5.74) is 16.0. The van der Waals surface area contributed by atoms with Crippen LogP contribution in [0.25, 0.3) is 112 Å². The van der Waals surface area contributed by atoms with E-state index in [1.807, 2.05) is 144 Å². The number of aryl methyl sites for hydroxylation is 6. The number of unbranched alkanes of at least 4 members (excludes halogenated alkanes) is 9. The summed E-state index contributed by atoms with van der Waals surface area (Å²) in [5, 5.41) is 119. The maximum atomic E-state index is 13.0. The lowest BCUT2D eigenvalue weighted by atomic mass is 9.83. The molecular weight excluding hydrogens is 1700 g/mol. The molecule has 12 N–H and O–H groups in total. The highest BCUT2D eigenvalue weighted by atomic mass is 32.1. The van der Waals surface area contributed by atoms with Crippen LogP contribution in [-0.4, -0.2) is 187 Å². The van der Waals surface area contributed by atoms with Crippen LogP contribution in [0.15, 0.2) is 230 Å². The number of nitrogens with zero attached hydrogens (tertiary/aromatic N) is 16. The number of nitro benzene ring substituents is 1. The maximum absolute atomic E-state index is 13.0. The topological polar surface area (TPSA) is 441 Å². The fourth-order valence-electron chi connectivity index (χ4n) is 15.2. The normalized spacial score (nSPS) is 11.2. The summed E-state index contributed by atoms with van der Waals surface area (Å²) in [7, 11) is -5.86. The van der Waals surface area contributed by atoms with E-state index in [-0.39, 0.29) is 18.6 Å². The van der Waals surface area contributed by atoms with Crippen molar-refractivity contribution in [2.75, 3.05) is 7.11 Å². The second kappa shape index (κ2) is 51.1. The first-order valence-electron chi connectivity index (χ1n) is 43.9. The maximum Gasteiger partial charge on any atom is 0.451 e. The Hall–Kier alpha value is -11.8. The number of non-ortho nitro benzene ring substituents is 1. The first-order valence-corrected chi connectivity index (χ1v) is 44.8. The lowest BCUT2D eigenvalue weighted by Crippen LogP contribution is -2.16. The van der Waals surface area contributed by atoms with Gasteiger partial charge in [-0.05, 0) is 192 Å². The van der Waals surface area contributed by atoms with Crippen molar-refractivity contribution in [3.63, 3.8) is 0 Å². The third kappa shape index (κ3) is 29.6. The van der Waals surface area contributed by atoms with Crippen molar-refractivity contribution >= 4 is 126 Å². The third-order valence-corrected chi connectivity index (χ3v) is 22.1. The van der Waals surface area contributed by atoms with Crippen molar-refractivity contribution in [3.8, 4) is 51.4 Å². The predicted molar refractivity (Wildman–Crippen MR) is 509 cm³/mol. The highest BCUT2D eigenvalue weighted by molar-refractivity contribution is 7.07. The first-order chi connectivity index (χ1) is 63.4. The van der Waals surface area contributed by atoms with Gasteiger partial charge in [-0.25, -0.2) is 34.9 Å². The number of halogens is 3. The van der Waals surface area contributed by atoms with Crippen molar-refractivity contribution in [2.45, 2.75) is 180 Å². The van der Waals surface area contributed by atoms with Gasteiger partial charge in [0.15, 0.2) is 11.3 Å². The van der Waals surface area contributed by atoms with E-state index in [2.05, 4.69) is 72.4 Å². The molecule has 0 spiro atoms. The highest BCUT2D eigenvalue weighted by Gasteiger charge is 2.37. The number of pyridine rings is 2. The van der Waals surface area contributed by atoms with E-state index in [1.165, 1.54) is 6.07 Å². The van der Waals surface area contributed by atoms with E-state index >= 15 is 0 Å². The molecule has 31 nitrogen and oxygen atoms in total. The lowest BCUT2D eigenvalue weighted by molar-refractivity contribution is -0.383. The molecule has 0 aliphatic heterocycles. The number of rotatable bonds is 39. The third-order valence-electron chi connectivity index (χ3n) is 21.6. The molecule has 9 aromatic heterocycles. The summed E-state index contributed by atoms with van der Waals surface area (Å²) < 4.78 is 55.9. The van der Waals surface area contributed by atoms with Gasteiger partial charge in [-0.15, -0.1) is 11.3 Å². The Balaban J connectivity index is 0.000000152. The summed E-state index contributed by atoms with van der Waals surface area (Å²) in [6, 6.07) is 59.5. The van der Waals surface area contributed by atoms with Gasteiger partial charge in [-0.3, -0.25) is 20.1 Å². The molecule has 0 saturated carbocycles. The Morgan fingerprint density at radius 3 is 1.14 bits per heavy atom. The molecule has 131 heavy (non-hydrogen) atoms. The molecule has 0 saturated heterocycles. The monoisotopic (exact) mass is 1810 g/mol. The Bertz CT molecular complexity index is 5990. The van der Waals surface area contributed by atoms with Crippen molar-refractivity contribution in [1.29, 1.82) is 0 Å². The highest BCUT2D eigenvalue weighted by Crippen LogP contribution is 2.35. The fourth-order valence-corrected chi connectivity index (χ4v) is 15.7. The number of methoxy groups -OCH3 is 1. The molecule has 0 radical (unpaired) electrons. The van der Waals surface area contributed by atoms with E-state index in [1.54, 1.807) is 79.2 Å². The van der Waals surface area contributed by atoms with E-state index < -0.39 is 59.6 Å². The second-order valence-electron chi connectivity index (χ2n) is 31.2. The van der Waals surface area contributed by atoms with Gasteiger partial charge >= 0.3 is 48.9 Å². The SMILES string of the molecule is COc1ccc(-c2nc3ccccc3n2CCCCB(O)O)cc1.O=[N+]([O-])c1cccc2c1ncn2CCCCCB(O)O.OB(O)CCCCCn1c(-c2cccnc2)nc2ccccc21.OB(O)CCCCCn1c(-c2ccncc2)nc2ccccc21.OB(O)CCCCn1c(-c2cscn2)nc2ccccc21.OB(O)CCCCn1c(C(F)(F)F)nc2ccccc21. The molecule has 0 bridgehead atoms. The number of hydrogen-bond acceptors (Lipinski definition) is 25. The zero-order valence-electron chi connectivity index (χ0n) is 72.8. The first kappa shape index (κ1) is 99.8.